The Kier molecular flexibility index (Phi) is 6.67. The fourth-order valence-corrected chi connectivity index (χ4v) is 3.84. The molecule has 0 aromatic heterocycles. The number of anilines is 1. The normalized spacial score (nSPS) is 21.2. The van der Waals surface area contributed by atoms with E-state index in [0.717, 1.165) is 38.1 Å². The minimum Gasteiger partial charge on any atom is -0.494 e. The van der Waals surface area contributed by atoms with Crippen LogP contribution in [0.1, 0.15) is 39.5 Å². The van der Waals surface area contributed by atoms with Crippen molar-refractivity contribution in [1.82, 2.24) is 10.2 Å². The zero-order valence-corrected chi connectivity index (χ0v) is 16.6. The van der Waals surface area contributed by atoms with E-state index >= 15 is 0 Å². The molecule has 3 rings (SSSR count). The molecule has 0 spiro atoms. The van der Waals surface area contributed by atoms with Crippen LogP contribution in [0.2, 0.25) is 0 Å². The van der Waals surface area contributed by atoms with Crippen molar-refractivity contribution in [3.63, 3.8) is 0 Å². The molecular formula is C21H29N3O4. The molecule has 3 amide bonds. The molecule has 2 aliphatic heterocycles. The van der Waals surface area contributed by atoms with Crippen LogP contribution in [0.4, 0.5) is 5.69 Å². The van der Waals surface area contributed by atoms with Crippen LogP contribution in [0.3, 0.4) is 0 Å². The van der Waals surface area contributed by atoms with Crippen LogP contribution < -0.4 is 15.0 Å². The molecule has 7 heteroatoms. The van der Waals surface area contributed by atoms with Crippen molar-refractivity contribution < 1.29 is 19.1 Å². The molecule has 0 aliphatic carbocycles. The van der Waals surface area contributed by atoms with Gasteiger partial charge >= 0.3 is 0 Å². The first-order chi connectivity index (χ1) is 13.5. The molecule has 0 saturated carbocycles. The van der Waals surface area contributed by atoms with Crippen LogP contribution in [0.25, 0.3) is 0 Å². The summed E-state index contributed by atoms with van der Waals surface area (Å²) in [5, 5.41) is 2.86. The van der Waals surface area contributed by atoms with Crippen LogP contribution in [0.15, 0.2) is 24.3 Å². The number of hydrogen-bond acceptors (Lipinski definition) is 5. The number of hydrogen-bond donors (Lipinski definition) is 1. The minimum atomic E-state index is -0.384. The third-order valence-corrected chi connectivity index (χ3v) is 5.42. The van der Waals surface area contributed by atoms with E-state index in [1.54, 1.807) is 24.3 Å². The van der Waals surface area contributed by atoms with E-state index in [2.05, 4.69) is 10.2 Å². The summed E-state index contributed by atoms with van der Waals surface area (Å²) in [7, 11) is 0. The van der Waals surface area contributed by atoms with Crippen LogP contribution >= 0.6 is 0 Å². The van der Waals surface area contributed by atoms with E-state index in [4.69, 9.17) is 4.74 Å². The molecule has 7 nitrogen and oxygen atoms in total. The summed E-state index contributed by atoms with van der Waals surface area (Å²) in [5.74, 6) is 0.854. The fraction of sp³-hybridized carbons (Fsp3) is 0.571. The molecule has 1 aromatic rings. The second-order valence-electron chi connectivity index (χ2n) is 7.55. The maximum Gasteiger partial charge on any atom is 0.251 e. The van der Waals surface area contributed by atoms with Crippen LogP contribution in [0, 0.1) is 5.92 Å². The van der Waals surface area contributed by atoms with Crippen molar-refractivity contribution in [3.05, 3.63) is 24.3 Å². The summed E-state index contributed by atoms with van der Waals surface area (Å²) < 4.78 is 5.56. The maximum atomic E-state index is 12.9. The highest BCUT2D eigenvalue weighted by Gasteiger charge is 2.43. The largest absolute Gasteiger partial charge is 0.494 e. The third-order valence-electron chi connectivity index (χ3n) is 5.42. The molecule has 0 bridgehead atoms. The number of nitrogens with zero attached hydrogens (tertiary/aromatic N) is 2. The molecule has 0 radical (unpaired) electrons. The number of ether oxygens (including phenoxy) is 1. The van der Waals surface area contributed by atoms with Crippen LogP contribution in [-0.2, 0) is 14.4 Å². The summed E-state index contributed by atoms with van der Waals surface area (Å²) in [6.45, 7) is 6.42. The molecule has 1 aromatic carbocycles. The Morgan fingerprint density at radius 3 is 2.46 bits per heavy atom. The van der Waals surface area contributed by atoms with Crippen molar-refractivity contribution >= 4 is 23.4 Å². The Balaban J connectivity index is 1.59. The van der Waals surface area contributed by atoms with Crippen molar-refractivity contribution in [1.29, 1.82) is 0 Å². The molecule has 1 N–H and O–H groups in total. The molecule has 2 fully saturated rings. The van der Waals surface area contributed by atoms with E-state index in [9.17, 15) is 14.4 Å². The number of piperidine rings is 1. The first-order valence-electron chi connectivity index (χ1n) is 10.1. The number of nitrogens with one attached hydrogen (secondary N) is 1. The summed E-state index contributed by atoms with van der Waals surface area (Å²) in [6.07, 6.45) is 2.99. The van der Waals surface area contributed by atoms with Gasteiger partial charge in [-0.2, -0.15) is 0 Å². The Morgan fingerprint density at radius 2 is 1.86 bits per heavy atom. The van der Waals surface area contributed by atoms with Crippen LogP contribution in [0.5, 0.6) is 5.75 Å². The van der Waals surface area contributed by atoms with Gasteiger partial charge in [0.2, 0.25) is 11.8 Å². The van der Waals surface area contributed by atoms with Gasteiger partial charge in [-0.25, -0.2) is 4.90 Å². The van der Waals surface area contributed by atoms with E-state index in [0.29, 0.717) is 24.8 Å². The molecule has 28 heavy (non-hydrogen) atoms. The molecule has 2 saturated heterocycles. The Hall–Kier alpha value is -2.41. The van der Waals surface area contributed by atoms with E-state index in [-0.39, 0.29) is 30.2 Å². The monoisotopic (exact) mass is 387 g/mol. The average Bonchev–Trinajstić information content (AvgIpc) is 2.99. The predicted octanol–water partition coefficient (Wildman–Crippen LogP) is 1.96. The quantitative estimate of drug-likeness (QED) is 0.724. The Morgan fingerprint density at radius 1 is 1.18 bits per heavy atom. The number of carbonyl (C=O) groups excluding carboxylic acids is 3. The number of amides is 3. The lowest BCUT2D eigenvalue weighted by Crippen LogP contribution is -2.47. The summed E-state index contributed by atoms with van der Waals surface area (Å²) >= 11 is 0. The lowest BCUT2D eigenvalue weighted by molar-refractivity contribution is -0.123. The zero-order valence-electron chi connectivity index (χ0n) is 16.6. The zero-order chi connectivity index (χ0) is 20.1. The highest BCUT2D eigenvalue weighted by Crippen LogP contribution is 2.29. The van der Waals surface area contributed by atoms with E-state index < -0.39 is 0 Å². The van der Waals surface area contributed by atoms with Gasteiger partial charge in [-0.3, -0.25) is 19.3 Å². The van der Waals surface area contributed by atoms with Gasteiger partial charge in [0.05, 0.1) is 24.8 Å². The third kappa shape index (κ3) is 4.70. The molecule has 0 unspecified atom stereocenters. The van der Waals surface area contributed by atoms with Gasteiger partial charge in [0.1, 0.15) is 5.75 Å². The molecule has 152 valence electrons. The molecule has 1 atom stereocenters. The van der Waals surface area contributed by atoms with Gasteiger partial charge < -0.3 is 10.1 Å². The molecule has 2 heterocycles. The van der Waals surface area contributed by atoms with Gasteiger partial charge in [0.15, 0.2) is 0 Å². The number of carbonyl (C=O) groups is 3. The van der Waals surface area contributed by atoms with Crippen molar-refractivity contribution in [2.45, 2.75) is 45.6 Å². The minimum absolute atomic E-state index is 0.0132. The predicted molar refractivity (Wildman–Crippen MR) is 106 cm³/mol. The van der Waals surface area contributed by atoms with Gasteiger partial charge in [-0.1, -0.05) is 6.92 Å². The van der Waals surface area contributed by atoms with Crippen LogP contribution in [-0.4, -0.2) is 54.9 Å². The topological polar surface area (TPSA) is 79.0 Å². The second-order valence-corrected chi connectivity index (χ2v) is 7.55. The molecule has 2 aliphatic rings. The van der Waals surface area contributed by atoms with Gasteiger partial charge in [-0.15, -0.1) is 0 Å². The van der Waals surface area contributed by atoms with Gasteiger partial charge in [0, 0.05) is 13.5 Å². The van der Waals surface area contributed by atoms with Crippen molar-refractivity contribution in [2.24, 2.45) is 5.92 Å². The number of imide groups is 1. The van der Waals surface area contributed by atoms with Gasteiger partial charge in [-0.05, 0) is 62.5 Å². The SMILES string of the molecule is CCCOc1ccc(N2C(=O)C[C@H](N3CCC(CNC(C)=O)CC3)C2=O)cc1. The smallest absolute Gasteiger partial charge is 0.251 e. The van der Waals surface area contributed by atoms with E-state index in [1.165, 1.54) is 11.8 Å². The lowest BCUT2D eigenvalue weighted by Gasteiger charge is -2.34. The second kappa shape index (κ2) is 9.19. The number of likely N-dealkylation sites (tertiary alicyclic amines) is 1. The van der Waals surface area contributed by atoms with Crippen molar-refractivity contribution in [3.8, 4) is 5.75 Å². The first-order valence-corrected chi connectivity index (χ1v) is 10.1. The standard InChI is InChI=1S/C21H29N3O4/c1-3-12-28-18-6-4-17(5-7-18)24-20(26)13-19(21(24)27)23-10-8-16(9-11-23)14-22-15(2)25/h4-7,16,19H,3,8-14H2,1-2H3,(H,22,25)/t19-/m0/s1. The Labute approximate surface area is 166 Å². The maximum absolute atomic E-state index is 12.9. The number of benzene rings is 1. The average molecular weight is 387 g/mol. The fourth-order valence-electron chi connectivity index (χ4n) is 3.84. The summed E-state index contributed by atoms with van der Waals surface area (Å²) in [5.41, 5.74) is 0.599. The van der Waals surface area contributed by atoms with Crippen molar-refractivity contribution in [2.75, 3.05) is 31.1 Å². The molecular weight excluding hydrogens is 358 g/mol. The number of rotatable bonds is 7. The Bertz CT molecular complexity index is 711. The summed E-state index contributed by atoms with van der Waals surface area (Å²) in [6, 6.07) is 6.75. The lowest BCUT2D eigenvalue weighted by atomic mass is 9.95. The highest BCUT2D eigenvalue weighted by atomic mass is 16.5. The van der Waals surface area contributed by atoms with Gasteiger partial charge in [0.25, 0.3) is 5.91 Å². The van der Waals surface area contributed by atoms with E-state index in [1.807, 2.05) is 6.92 Å². The summed E-state index contributed by atoms with van der Waals surface area (Å²) in [4.78, 5) is 40.0. The highest BCUT2D eigenvalue weighted by molar-refractivity contribution is 6.22. The first kappa shape index (κ1) is 20.3.